The molecule has 5 rings (SSSR count). The molecule has 3 heteroatoms. The van der Waals surface area contributed by atoms with E-state index < -0.39 is 5.60 Å². The highest BCUT2D eigenvalue weighted by Gasteiger charge is 2.59. The van der Waals surface area contributed by atoms with Gasteiger partial charge in [0.15, 0.2) is 0 Å². The average Bonchev–Trinajstić information content (AvgIpc) is 3.05. The Morgan fingerprint density at radius 2 is 1.57 bits per heavy atom. The van der Waals surface area contributed by atoms with E-state index in [0.29, 0.717) is 10.8 Å². The second kappa shape index (κ2) is 8.03. The minimum Gasteiger partial charge on any atom is -0.393 e. The topological polar surface area (TPSA) is 49.7 Å². The fourth-order valence-corrected chi connectivity index (χ4v) is 9.50. The van der Waals surface area contributed by atoms with Gasteiger partial charge in [-0.3, -0.25) is 0 Å². The lowest BCUT2D eigenvalue weighted by Gasteiger charge is -2.61. The van der Waals surface area contributed by atoms with Gasteiger partial charge >= 0.3 is 0 Å². The minimum absolute atomic E-state index is 0.0325. The fourth-order valence-electron chi connectivity index (χ4n) is 9.50. The molecule has 4 saturated carbocycles. The van der Waals surface area contributed by atoms with Crippen molar-refractivity contribution in [1.29, 1.82) is 0 Å². The molecule has 4 aliphatic carbocycles. The molecular formula is C27H46O3. The highest BCUT2D eigenvalue weighted by Crippen LogP contribution is 2.67. The van der Waals surface area contributed by atoms with Crippen LogP contribution in [0, 0.1) is 40.4 Å². The van der Waals surface area contributed by atoms with E-state index in [2.05, 4.69) is 13.8 Å². The van der Waals surface area contributed by atoms with Gasteiger partial charge < -0.3 is 14.9 Å². The molecule has 1 aliphatic heterocycles. The first kappa shape index (κ1) is 21.7. The summed E-state index contributed by atoms with van der Waals surface area (Å²) in [6.07, 6.45) is 17.0. The Labute approximate surface area is 184 Å². The van der Waals surface area contributed by atoms with Crippen molar-refractivity contribution in [3.8, 4) is 0 Å². The van der Waals surface area contributed by atoms with Gasteiger partial charge in [0, 0.05) is 13.2 Å². The monoisotopic (exact) mass is 418 g/mol. The largest absolute Gasteiger partial charge is 0.393 e. The molecule has 4 unspecified atom stereocenters. The van der Waals surface area contributed by atoms with Crippen molar-refractivity contribution in [3.63, 3.8) is 0 Å². The molecule has 0 spiro atoms. The summed E-state index contributed by atoms with van der Waals surface area (Å²) in [7, 11) is 0. The second-order valence-corrected chi connectivity index (χ2v) is 12.6. The number of ether oxygens (including phenoxy) is 1. The average molecular weight is 419 g/mol. The molecule has 0 amide bonds. The Kier molecular flexibility index (Phi) is 5.81. The van der Waals surface area contributed by atoms with E-state index in [1.54, 1.807) is 0 Å². The van der Waals surface area contributed by atoms with Gasteiger partial charge in [-0.25, -0.2) is 0 Å². The summed E-state index contributed by atoms with van der Waals surface area (Å²) >= 11 is 0. The molecule has 0 bridgehead atoms. The maximum Gasteiger partial charge on any atom is 0.0691 e. The Morgan fingerprint density at radius 1 is 0.833 bits per heavy atom. The van der Waals surface area contributed by atoms with E-state index in [9.17, 15) is 10.2 Å². The molecular weight excluding hydrogens is 372 g/mol. The van der Waals surface area contributed by atoms with E-state index >= 15 is 0 Å². The third-order valence-electron chi connectivity index (χ3n) is 11.5. The van der Waals surface area contributed by atoms with E-state index in [1.807, 2.05) is 0 Å². The Bertz CT molecular complexity index is 613. The maximum atomic E-state index is 10.9. The predicted molar refractivity (Wildman–Crippen MR) is 120 cm³/mol. The Morgan fingerprint density at radius 3 is 2.37 bits per heavy atom. The van der Waals surface area contributed by atoms with Crippen molar-refractivity contribution in [1.82, 2.24) is 0 Å². The molecule has 0 aromatic carbocycles. The van der Waals surface area contributed by atoms with E-state index in [0.717, 1.165) is 74.9 Å². The van der Waals surface area contributed by atoms with Crippen LogP contribution in [0.5, 0.6) is 0 Å². The lowest BCUT2D eigenvalue weighted by atomic mass is 9.44. The van der Waals surface area contributed by atoms with Crippen molar-refractivity contribution in [2.75, 3.05) is 13.2 Å². The fraction of sp³-hybridized carbons (Fsp3) is 1.00. The molecule has 1 heterocycles. The molecule has 0 aromatic heterocycles. The number of aliphatic hydroxyl groups is 2. The van der Waals surface area contributed by atoms with Gasteiger partial charge in [0.05, 0.1) is 11.7 Å². The standard InChI is InChI=1S/C27H46O3/c1-25-13-10-24-22(7-5-20-18-21(28)9-12-26(20,24)2)23(25)8-6-19(25)4-3-11-27(29)14-16-30-17-15-27/h19-24,28-29H,3-18H2,1-2H3/t19-,20?,21-,22-,23?,24?,25?,26-/m0/s1. The summed E-state index contributed by atoms with van der Waals surface area (Å²) in [6, 6.07) is 0. The number of hydrogen-bond donors (Lipinski definition) is 2. The van der Waals surface area contributed by atoms with Crippen LogP contribution >= 0.6 is 0 Å². The van der Waals surface area contributed by atoms with Gasteiger partial charge in [-0.1, -0.05) is 20.3 Å². The molecule has 5 fully saturated rings. The summed E-state index contributed by atoms with van der Waals surface area (Å²) in [4.78, 5) is 0. The zero-order valence-electron chi connectivity index (χ0n) is 19.6. The summed E-state index contributed by atoms with van der Waals surface area (Å²) < 4.78 is 5.46. The first-order valence-electron chi connectivity index (χ1n) is 13.3. The lowest BCUT2D eigenvalue weighted by molar-refractivity contribution is -0.127. The van der Waals surface area contributed by atoms with Crippen LogP contribution in [-0.2, 0) is 4.74 Å². The molecule has 3 nitrogen and oxygen atoms in total. The Balaban J connectivity index is 1.23. The van der Waals surface area contributed by atoms with Gasteiger partial charge in [-0.15, -0.1) is 0 Å². The van der Waals surface area contributed by atoms with Gasteiger partial charge in [0.1, 0.15) is 0 Å². The van der Waals surface area contributed by atoms with Crippen LogP contribution in [0.1, 0.15) is 104 Å². The van der Waals surface area contributed by atoms with Crippen molar-refractivity contribution in [3.05, 3.63) is 0 Å². The summed E-state index contributed by atoms with van der Waals surface area (Å²) in [5.41, 5.74) is 0.581. The third-order valence-corrected chi connectivity index (χ3v) is 11.5. The molecule has 1 saturated heterocycles. The molecule has 0 aromatic rings. The predicted octanol–water partition coefficient (Wildman–Crippen LogP) is 5.72. The zero-order chi connectivity index (χ0) is 21.0. The van der Waals surface area contributed by atoms with Crippen LogP contribution in [0.4, 0.5) is 0 Å². The number of aliphatic hydroxyl groups excluding tert-OH is 1. The van der Waals surface area contributed by atoms with Crippen molar-refractivity contribution in [2.45, 2.75) is 115 Å². The van der Waals surface area contributed by atoms with Crippen LogP contribution in [0.3, 0.4) is 0 Å². The van der Waals surface area contributed by atoms with Crippen LogP contribution in [0.25, 0.3) is 0 Å². The summed E-state index contributed by atoms with van der Waals surface area (Å²) in [5, 5.41) is 21.1. The van der Waals surface area contributed by atoms with Crippen LogP contribution in [-0.4, -0.2) is 35.1 Å². The third kappa shape index (κ3) is 3.59. The second-order valence-electron chi connectivity index (χ2n) is 12.6. The van der Waals surface area contributed by atoms with E-state index in [1.165, 1.54) is 57.8 Å². The van der Waals surface area contributed by atoms with Gasteiger partial charge in [0.25, 0.3) is 0 Å². The van der Waals surface area contributed by atoms with Crippen molar-refractivity contribution < 1.29 is 14.9 Å². The number of rotatable bonds is 4. The van der Waals surface area contributed by atoms with E-state index in [-0.39, 0.29) is 6.10 Å². The van der Waals surface area contributed by atoms with Gasteiger partial charge in [0.2, 0.25) is 0 Å². The minimum atomic E-state index is -0.451. The van der Waals surface area contributed by atoms with Gasteiger partial charge in [-0.2, -0.15) is 0 Å². The molecule has 172 valence electrons. The molecule has 0 radical (unpaired) electrons. The Hall–Kier alpha value is -0.120. The maximum absolute atomic E-state index is 10.9. The molecule has 8 atom stereocenters. The van der Waals surface area contributed by atoms with Gasteiger partial charge in [-0.05, 0) is 124 Å². The SMILES string of the molecule is CC12CCC3[C@@H](CCC4C[C@@H](O)CC[C@@]43C)C1CC[C@@H]2CCCC1(O)CCOCC1. The summed E-state index contributed by atoms with van der Waals surface area (Å²) in [5.74, 6) is 4.40. The zero-order valence-corrected chi connectivity index (χ0v) is 19.6. The number of fused-ring (bicyclic) bond motifs is 5. The van der Waals surface area contributed by atoms with Crippen molar-refractivity contribution >= 4 is 0 Å². The van der Waals surface area contributed by atoms with Crippen LogP contribution in [0.2, 0.25) is 0 Å². The first-order valence-corrected chi connectivity index (χ1v) is 13.3. The molecule has 5 aliphatic rings. The number of hydrogen-bond acceptors (Lipinski definition) is 3. The lowest BCUT2D eigenvalue weighted by Crippen LogP contribution is -2.53. The van der Waals surface area contributed by atoms with Crippen LogP contribution < -0.4 is 0 Å². The molecule has 2 N–H and O–H groups in total. The van der Waals surface area contributed by atoms with Crippen molar-refractivity contribution in [2.24, 2.45) is 40.4 Å². The highest BCUT2D eigenvalue weighted by molar-refractivity contribution is 5.09. The smallest absolute Gasteiger partial charge is 0.0691 e. The van der Waals surface area contributed by atoms with E-state index in [4.69, 9.17) is 4.74 Å². The summed E-state index contributed by atoms with van der Waals surface area (Å²) in [6.45, 7) is 6.72. The van der Waals surface area contributed by atoms with Crippen LogP contribution in [0.15, 0.2) is 0 Å². The quantitative estimate of drug-likeness (QED) is 0.614. The molecule has 30 heavy (non-hydrogen) atoms. The normalized spacial score (nSPS) is 50.4. The highest BCUT2D eigenvalue weighted by atomic mass is 16.5. The first-order chi connectivity index (χ1) is 14.3.